The van der Waals surface area contributed by atoms with Gasteiger partial charge < -0.3 is 11.1 Å². The molecule has 3 N–H and O–H groups in total. The van der Waals surface area contributed by atoms with Gasteiger partial charge in [-0.1, -0.05) is 50.2 Å². The van der Waals surface area contributed by atoms with Crippen molar-refractivity contribution in [1.82, 2.24) is 20.1 Å². The Balaban J connectivity index is 1.44. The van der Waals surface area contributed by atoms with Crippen LogP contribution in [0.2, 0.25) is 0 Å². The van der Waals surface area contributed by atoms with Crippen molar-refractivity contribution in [3.8, 4) is 10.4 Å². The van der Waals surface area contributed by atoms with Crippen LogP contribution in [0.1, 0.15) is 74.4 Å². The normalized spacial score (nSPS) is 14.5. The van der Waals surface area contributed by atoms with Gasteiger partial charge in [0.05, 0.1) is 39.8 Å². The molecule has 1 unspecified atom stereocenters. The van der Waals surface area contributed by atoms with Gasteiger partial charge in [-0.15, -0.1) is 11.3 Å². The lowest BCUT2D eigenvalue weighted by atomic mass is 9.95. The van der Waals surface area contributed by atoms with Crippen LogP contribution in [0.25, 0.3) is 21.5 Å². The highest BCUT2D eigenvalue weighted by Crippen LogP contribution is 2.40. The minimum Gasteiger partial charge on any atom is -0.366 e. The minimum absolute atomic E-state index is 0.0300. The number of aryl methyl sites for hydroxylation is 2. The standard InChI is InChI=1S/C33H32FN5O2S/c1-18(2)16-25-29(31(35)40)30(28-19(3)38-39(32(28)36-25)17-20-8-11-22(34)12-9-20)26-14-15-27(42-26)33(41)37-24-13-10-21-6-4-5-7-23(21)24/h4-9,11-12,14-15,18,24H,10,13,16-17H2,1-3H3,(H2,35,40)(H,37,41). The maximum atomic E-state index is 13.5. The van der Waals surface area contributed by atoms with E-state index in [0.29, 0.717) is 46.0 Å². The molecule has 6 rings (SSSR count). The van der Waals surface area contributed by atoms with Crippen LogP contribution in [-0.2, 0) is 19.4 Å². The molecule has 3 aromatic heterocycles. The van der Waals surface area contributed by atoms with Crippen LogP contribution in [0.4, 0.5) is 4.39 Å². The summed E-state index contributed by atoms with van der Waals surface area (Å²) in [6.45, 7) is 6.38. The molecular formula is C33H32FN5O2S. The Hall–Kier alpha value is -4.37. The summed E-state index contributed by atoms with van der Waals surface area (Å²) in [5, 5.41) is 8.70. The van der Waals surface area contributed by atoms with Crippen LogP contribution in [0, 0.1) is 18.7 Å². The number of nitrogens with zero attached hydrogens (tertiary/aromatic N) is 3. The number of amides is 2. The van der Waals surface area contributed by atoms with Crippen molar-refractivity contribution in [3.05, 3.63) is 105 Å². The second-order valence-electron chi connectivity index (χ2n) is 11.3. The molecular weight excluding hydrogens is 549 g/mol. The van der Waals surface area contributed by atoms with E-state index in [1.165, 1.54) is 29.0 Å². The average molecular weight is 582 g/mol. The van der Waals surface area contributed by atoms with E-state index < -0.39 is 5.91 Å². The van der Waals surface area contributed by atoms with Crippen LogP contribution in [0.15, 0.2) is 60.7 Å². The number of thiophene rings is 1. The van der Waals surface area contributed by atoms with Crippen molar-refractivity contribution in [2.24, 2.45) is 11.7 Å². The highest BCUT2D eigenvalue weighted by molar-refractivity contribution is 7.17. The molecule has 0 fully saturated rings. The topological polar surface area (TPSA) is 103 Å². The van der Waals surface area contributed by atoms with E-state index in [1.807, 2.05) is 25.1 Å². The molecule has 5 aromatic rings. The van der Waals surface area contributed by atoms with E-state index in [2.05, 4.69) is 31.3 Å². The molecule has 1 atom stereocenters. The molecule has 2 amide bonds. The van der Waals surface area contributed by atoms with Crippen LogP contribution in [-0.4, -0.2) is 26.6 Å². The van der Waals surface area contributed by atoms with E-state index in [4.69, 9.17) is 15.8 Å². The first kappa shape index (κ1) is 27.8. The molecule has 214 valence electrons. The Morgan fingerprint density at radius 2 is 1.88 bits per heavy atom. The lowest BCUT2D eigenvalue weighted by Crippen LogP contribution is -2.26. The predicted molar refractivity (Wildman–Crippen MR) is 163 cm³/mol. The number of rotatable bonds is 8. The smallest absolute Gasteiger partial charge is 0.261 e. The summed E-state index contributed by atoms with van der Waals surface area (Å²) in [5.41, 5.74) is 12.2. The summed E-state index contributed by atoms with van der Waals surface area (Å²) in [6.07, 6.45) is 2.35. The van der Waals surface area contributed by atoms with Crippen LogP contribution in [0.5, 0.6) is 0 Å². The summed E-state index contributed by atoms with van der Waals surface area (Å²) in [6, 6.07) is 18.1. The molecule has 0 radical (unpaired) electrons. The zero-order valence-corrected chi connectivity index (χ0v) is 24.6. The van der Waals surface area contributed by atoms with Gasteiger partial charge in [0.25, 0.3) is 11.8 Å². The van der Waals surface area contributed by atoms with Crippen molar-refractivity contribution in [3.63, 3.8) is 0 Å². The monoisotopic (exact) mass is 581 g/mol. The number of fused-ring (bicyclic) bond motifs is 2. The average Bonchev–Trinajstić information content (AvgIpc) is 3.67. The zero-order valence-electron chi connectivity index (χ0n) is 23.8. The third kappa shape index (κ3) is 5.20. The molecule has 7 nitrogen and oxygen atoms in total. The molecule has 0 bridgehead atoms. The number of benzene rings is 2. The number of primary amides is 1. The van der Waals surface area contributed by atoms with E-state index in [9.17, 15) is 14.0 Å². The number of carbonyl (C=O) groups is 2. The van der Waals surface area contributed by atoms with E-state index >= 15 is 0 Å². The fourth-order valence-electron chi connectivity index (χ4n) is 5.88. The predicted octanol–water partition coefficient (Wildman–Crippen LogP) is 6.37. The lowest BCUT2D eigenvalue weighted by Gasteiger charge is -2.15. The fraction of sp³-hybridized carbons (Fsp3) is 0.273. The first-order valence-corrected chi connectivity index (χ1v) is 14.9. The van der Waals surface area contributed by atoms with Gasteiger partial charge in [-0.3, -0.25) is 9.59 Å². The second-order valence-corrected chi connectivity index (χ2v) is 12.4. The van der Waals surface area contributed by atoms with Crippen LogP contribution in [0.3, 0.4) is 0 Å². The Kier molecular flexibility index (Phi) is 7.36. The highest BCUT2D eigenvalue weighted by atomic mass is 32.1. The van der Waals surface area contributed by atoms with Gasteiger partial charge in [0, 0.05) is 10.4 Å². The number of hydrogen-bond acceptors (Lipinski definition) is 5. The first-order valence-electron chi connectivity index (χ1n) is 14.1. The molecule has 0 saturated carbocycles. The van der Waals surface area contributed by atoms with Crippen LogP contribution >= 0.6 is 11.3 Å². The molecule has 1 aliphatic carbocycles. The van der Waals surface area contributed by atoms with Gasteiger partial charge in [-0.25, -0.2) is 14.1 Å². The molecule has 1 aliphatic rings. The molecule has 0 saturated heterocycles. The second kappa shape index (κ2) is 11.1. The Morgan fingerprint density at radius 3 is 2.62 bits per heavy atom. The van der Waals surface area contributed by atoms with Crippen molar-refractivity contribution in [1.29, 1.82) is 0 Å². The van der Waals surface area contributed by atoms with Gasteiger partial charge in [0.15, 0.2) is 5.65 Å². The molecule has 0 spiro atoms. The third-order valence-electron chi connectivity index (χ3n) is 7.74. The van der Waals surface area contributed by atoms with E-state index in [0.717, 1.165) is 34.2 Å². The summed E-state index contributed by atoms with van der Waals surface area (Å²) >= 11 is 1.33. The molecule has 9 heteroatoms. The van der Waals surface area contributed by atoms with Gasteiger partial charge in [0.2, 0.25) is 0 Å². The van der Waals surface area contributed by atoms with Crippen molar-refractivity contribution in [2.45, 2.75) is 52.6 Å². The number of nitrogens with one attached hydrogen (secondary N) is 1. The number of hydrogen-bond donors (Lipinski definition) is 2. The maximum Gasteiger partial charge on any atom is 0.261 e. The third-order valence-corrected chi connectivity index (χ3v) is 8.84. The SMILES string of the molecule is Cc1nn(Cc2ccc(F)cc2)c2nc(CC(C)C)c(C(N)=O)c(-c3ccc(C(=O)NC4CCc5ccccc54)s3)c12. The van der Waals surface area contributed by atoms with Gasteiger partial charge in [-0.2, -0.15) is 5.10 Å². The molecule has 3 heterocycles. The van der Waals surface area contributed by atoms with Crippen molar-refractivity contribution < 1.29 is 14.0 Å². The fourth-order valence-corrected chi connectivity index (χ4v) is 6.85. The lowest BCUT2D eigenvalue weighted by molar-refractivity contribution is 0.0939. The number of pyridine rings is 1. The highest BCUT2D eigenvalue weighted by Gasteiger charge is 2.28. The minimum atomic E-state index is -0.567. The summed E-state index contributed by atoms with van der Waals surface area (Å²) in [4.78, 5) is 32.7. The van der Waals surface area contributed by atoms with Gasteiger partial charge in [0.1, 0.15) is 5.82 Å². The summed E-state index contributed by atoms with van der Waals surface area (Å²) < 4.78 is 15.3. The van der Waals surface area contributed by atoms with Crippen molar-refractivity contribution in [2.75, 3.05) is 0 Å². The molecule has 42 heavy (non-hydrogen) atoms. The number of aromatic nitrogens is 3. The Morgan fingerprint density at radius 1 is 1.12 bits per heavy atom. The zero-order chi connectivity index (χ0) is 29.5. The summed E-state index contributed by atoms with van der Waals surface area (Å²) in [5.74, 6) is -0.803. The Bertz CT molecular complexity index is 1820. The Labute approximate surface area is 247 Å². The maximum absolute atomic E-state index is 13.5. The number of carbonyl (C=O) groups excluding carboxylic acids is 2. The van der Waals surface area contributed by atoms with Gasteiger partial charge >= 0.3 is 0 Å². The van der Waals surface area contributed by atoms with Crippen molar-refractivity contribution >= 4 is 34.2 Å². The first-order chi connectivity index (χ1) is 20.2. The van der Waals surface area contributed by atoms with Crippen LogP contribution < -0.4 is 11.1 Å². The largest absolute Gasteiger partial charge is 0.366 e. The van der Waals surface area contributed by atoms with E-state index in [1.54, 1.807) is 22.9 Å². The number of nitrogens with two attached hydrogens (primary N) is 1. The summed E-state index contributed by atoms with van der Waals surface area (Å²) in [7, 11) is 0. The molecule has 0 aliphatic heterocycles. The number of halogens is 1. The van der Waals surface area contributed by atoms with E-state index in [-0.39, 0.29) is 23.7 Å². The molecule has 2 aromatic carbocycles. The quantitative estimate of drug-likeness (QED) is 0.222. The van der Waals surface area contributed by atoms with Gasteiger partial charge in [-0.05, 0) is 73.1 Å².